The Morgan fingerprint density at radius 2 is 1.67 bits per heavy atom. The lowest BCUT2D eigenvalue weighted by Crippen LogP contribution is -1.96. The second kappa shape index (κ2) is 3.13. The van der Waals surface area contributed by atoms with E-state index in [4.69, 9.17) is 10.2 Å². The third kappa shape index (κ3) is 1.54. The quantitative estimate of drug-likeness (QED) is 0.775. The van der Waals surface area contributed by atoms with Gasteiger partial charge in [0, 0.05) is 17.9 Å². The zero-order chi connectivity index (χ0) is 11.0. The normalized spacial score (nSPS) is 10.4. The maximum Gasteiger partial charge on any atom is 0.337 e. The van der Waals surface area contributed by atoms with Crippen LogP contribution in [0.4, 0.5) is 0 Å². The molecule has 0 radical (unpaired) electrons. The lowest BCUT2D eigenvalue weighted by molar-refractivity contribution is 0.0686. The van der Waals surface area contributed by atoms with Crippen LogP contribution in [0.1, 0.15) is 20.7 Å². The number of rotatable bonds is 2. The minimum Gasteiger partial charge on any atom is -0.478 e. The van der Waals surface area contributed by atoms with Crippen LogP contribution in [-0.4, -0.2) is 26.6 Å². The van der Waals surface area contributed by atoms with Gasteiger partial charge >= 0.3 is 11.9 Å². The molecule has 0 fully saturated rings. The molecule has 0 aliphatic heterocycles. The molecule has 0 aliphatic carbocycles. The minimum atomic E-state index is -1.03. The van der Waals surface area contributed by atoms with Gasteiger partial charge in [-0.3, -0.25) is 0 Å². The molecular weight excluding hydrogens is 198 g/mol. The summed E-state index contributed by atoms with van der Waals surface area (Å²) in [7, 11) is 0. The summed E-state index contributed by atoms with van der Waals surface area (Å²) in [5.74, 6) is -2.06. The molecule has 0 spiro atoms. The highest BCUT2D eigenvalue weighted by Crippen LogP contribution is 2.12. The number of hydrogen-bond donors (Lipinski definition) is 2. The number of aromatic carboxylic acids is 2. The van der Waals surface area contributed by atoms with Crippen molar-refractivity contribution in [2.45, 2.75) is 0 Å². The second-order valence-corrected chi connectivity index (χ2v) is 3.09. The molecule has 76 valence electrons. The fraction of sp³-hybridized carbons (Fsp3) is 0. The zero-order valence-electron chi connectivity index (χ0n) is 7.54. The van der Waals surface area contributed by atoms with Gasteiger partial charge in [0.05, 0.1) is 11.1 Å². The van der Waals surface area contributed by atoms with Gasteiger partial charge in [-0.05, 0) is 18.2 Å². The largest absolute Gasteiger partial charge is 0.478 e. The SMILES string of the molecule is O=C(O)c1ccn2cc(C(=O)O)cc2c1. The molecule has 2 aromatic heterocycles. The molecular formula is C10H7NO4. The molecule has 15 heavy (non-hydrogen) atoms. The number of pyridine rings is 1. The summed E-state index contributed by atoms with van der Waals surface area (Å²) in [6, 6.07) is 4.27. The summed E-state index contributed by atoms with van der Waals surface area (Å²) in [5.41, 5.74) is 0.822. The molecule has 0 aliphatic rings. The first-order valence-corrected chi connectivity index (χ1v) is 4.16. The highest BCUT2D eigenvalue weighted by molar-refractivity contribution is 5.92. The number of hydrogen-bond acceptors (Lipinski definition) is 2. The Kier molecular flexibility index (Phi) is 1.93. The van der Waals surface area contributed by atoms with Gasteiger partial charge in [-0.15, -0.1) is 0 Å². The molecule has 0 bridgehead atoms. The number of nitrogens with zero attached hydrogens (tertiary/aromatic N) is 1. The summed E-state index contributed by atoms with van der Waals surface area (Å²) >= 11 is 0. The molecule has 0 aromatic carbocycles. The van der Waals surface area contributed by atoms with E-state index < -0.39 is 11.9 Å². The molecule has 5 heteroatoms. The smallest absolute Gasteiger partial charge is 0.337 e. The Hall–Kier alpha value is -2.30. The van der Waals surface area contributed by atoms with Crippen molar-refractivity contribution >= 4 is 17.5 Å². The number of aromatic nitrogens is 1. The number of carboxylic acid groups (broad SMARTS) is 2. The van der Waals surface area contributed by atoms with Crippen LogP contribution in [0.5, 0.6) is 0 Å². The van der Waals surface area contributed by atoms with E-state index in [1.165, 1.54) is 30.6 Å². The van der Waals surface area contributed by atoms with Crippen LogP contribution in [0.15, 0.2) is 30.6 Å². The Bertz CT molecular complexity index is 544. The van der Waals surface area contributed by atoms with Crippen molar-refractivity contribution in [2.24, 2.45) is 0 Å². The molecule has 2 N–H and O–H groups in total. The van der Waals surface area contributed by atoms with Gasteiger partial charge in [0.2, 0.25) is 0 Å². The summed E-state index contributed by atoms with van der Waals surface area (Å²) in [6.45, 7) is 0. The van der Waals surface area contributed by atoms with Gasteiger partial charge in [0.15, 0.2) is 0 Å². The predicted molar refractivity (Wildman–Crippen MR) is 51.3 cm³/mol. The van der Waals surface area contributed by atoms with Gasteiger partial charge in [0.25, 0.3) is 0 Å². The van der Waals surface area contributed by atoms with Crippen molar-refractivity contribution in [3.63, 3.8) is 0 Å². The molecule has 5 nitrogen and oxygen atoms in total. The Morgan fingerprint density at radius 3 is 2.27 bits per heavy atom. The lowest BCUT2D eigenvalue weighted by atomic mass is 10.2. The van der Waals surface area contributed by atoms with Crippen LogP contribution in [0.3, 0.4) is 0 Å². The van der Waals surface area contributed by atoms with Gasteiger partial charge in [-0.25, -0.2) is 9.59 Å². The maximum absolute atomic E-state index is 10.7. The van der Waals surface area contributed by atoms with Crippen molar-refractivity contribution in [1.29, 1.82) is 0 Å². The Labute approximate surface area is 84.2 Å². The first kappa shape index (κ1) is 9.26. The maximum atomic E-state index is 10.7. The van der Waals surface area contributed by atoms with Crippen LogP contribution in [-0.2, 0) is 0 Å². The van der Waals surface area contributed by atoms with Crippen LogP contribution >= 0.6 is 0 Å². The van der Waals surface area contributed by atoms with E-state index in [2.05, 4.69) is 0 Å². The van der Waals surface area contributed by atoms with Crippen molar-refractivity contribution in [2.75, 3.05) is 0 Å². The van der Waals surface area contributed by atoms with E-state index in [-0.39, 0.29) is 11.1 Å². The molecule has 0 saturated carbocycles. The lowest BCUT2D eigenvalue weighted by Gasteiger charge is -1.95. The van der Waals surface area contributed by atoms with Crippen molar-refractivity contribution in [3.8, 4) is 0 Å². The van der Waals surface area contributed by atoms with Gasteiger partial charge < -0.3 is 14.6 Å². The van der Waals surface area contributed by atoms with E-state index in [1.54, 1.807) is 4.40 Å². The topological polar surface area (TPSA) is 79.0 Å². The molecule has 2 rings (SSSR count). The van der Waals surface area contributed by atoms with Crippen LogP contribution in [0, 0.1) is 0 Å². The molecule has 0 unspecified atom stereocenters. The van der Waals surface area contributed by atoms with E-state index in [0.717, 1.165) is 0 Å². The number of fused-ring (bicyclic) bond motifs is 1. The van der Waals surface area contributed by atoms with Crippen molar-refractivity contribution in [3.05, 3.63) is 41.7 Å². The van der Waals surface area contributed by atoms with Gasteiger partial charge in [-0.1, -0.05) is 0 Å². The molecule has 0 saturated heterocycles. The third-order valence-electron chi connectivity index (χ3n) is 2.09. The summed E-state index contributed by atoms with van der Waals surface area (Å²) < 4.78 is 1.57. The fourth-order valence-corrected chi connectivity index (χ4v) is 1.36. The van der Waals surface area contributed by atoms with Crippen molar-refractivity contribution < 1.29 is 19.8 Å². The second-order valence-electron chi connectivity index (χ2n) is 3.09. The monoisotopic (exact) mass is 205 g/mol. The molecule has 0 amide bonds. The van der Waals surface area contributed by atoms with Crippen LogP contribution < -0.4 is 0 Å². The fourth-order valence-electron chi connectivity index (χ4n) is 1.36. The zero-order valence-corrected chi connectivity index (χ0v) is 7.54. The van der Waals surface area contributed by atoms with Crippen molar-refractivity contribution in [1.82, 2.24) is 4.40 Å². The first-order valence-electron chi connectivity index (χ1n) is 4.16. The molecule has 0 atom stereocenters. The van der Waals surface area contributed by atoms with Gasteiger partial charge in [-0.2, -0.15) is 0 Å². The van der Waals surface area contributed by atoms with Crippen LogP contribution in [0.2, 0.25) is 0 Å². The highest BCUT2D eigenvalue weighted by Gasteiger charge is 2.08. The average molecular weight is 205 g/mol. The Morgan fingerprint density at radius 1 is 1.07 bits per heavy atom. The number of carboxylic acids is 2. The van der Waals surface area contributed by atoms with E-state index in [9.17, 15) is 9.59 Å². The predicted octanol–water partition coefficient (Wildman–Crippen LogP) is 1.34. The molecule has 2 aromatic rings. The van der Waals surface area contributed by atoms with E-state index in [0.29, 0.717) is 5.52 Å². The van der Waals surface area contributed by atoms with E-state index >= 15 is 0 Å². The van der Waals surface area contributed by atoms with Crippen LogP contribution in [0.25, 0.3) is 5.52 Å². The first-order chi connectivity index (χ1) is 7.08. The highest BCUT2D eigenvalue weighted by atomic mass is 16.4. The van der Waals surface area contributed by atoms with Gasteiger partial charge in [0.1, 0.15) is 0 Å². The summed E-state index contributed by atoms with van der Waals surface area (Å²) in [5, 5.41) is 17.5. The third-order valence-corrected chi connectivity index (χ3v) is 2.09. The minimum absolute atomic E-state index is 0.137. The standard InChI is InChI=1S/C10H7NO4/c12-9(13)6-1-2-11-5-7(10(14)15)4-8(11)3-6/h1-5H,(H,12,13)(H,14,15). The van der Waals surface area contributed by atoms with E-state index in [1.807, 2.05) is 0 Å². The Balaban J connectivity index is 2.62. The molecule has 2 heterocycles. The number of carbonyl (C=O) groups is 2. The average Bonchev–Trinajstić information content (AvgIpc) is 2.59. The summed E-state index contributed by atoms with van der Waals surface area (Å²) in [4.78, 5) is 21.3. The summed E-state index contributed by atoms with van der Waals surface area (Å²) in [6.07, 6.45) is 2.95.